The molecule has 5 nitrogen and oxygen atoms in total. The number of carbonyl (C=O) groups excluding carboxylic acids is 1. The van der Waals surface area contributed by atoms with Gasteiger partial charge in [-0.2, -0.15) is 0 Å². The van der Waals surface area contributed by atoms with Crippen molar-refractivity contribution >= 4 is 22.7 Å². The SMILES string of the molecule is CC1N=C(C#Cc2ccc(O)cc2)SC1C(=O)NCCOc1ccc(F)cc1. The summed E-state index contributed by atoms with van der Waals surface area (Å²) in [5, 5.41) is 12.4. The van der Waals surface area contributed by atoms with Crippen LogP contribution in [-0.2, 0) is 4.79 Å². The highest BCUT2D eigenvalue weighted by molar-refractivity contribution is 8.16. The number of amides is 1. The number of benzene rings is 2. The summed E-state index contributed by atoms with van der Waals surface area (Å²) in [5.74, 6) is 6.24. The van der Waals surface area contributed by atoms with Crippen molar-refractivity contribution in [3.63, 3.8) is 0 Å². The average molecular weight is 398 g/mol. The second-order valence-corrected chi connectivity index (χ2v) is 7.23. The number of phenolic OH excluding ortho intramolecular Hbond substituents is 1. The third-order valence-electron chi connectivity index (χ3n) is 3.92. The first-order chi connectivity index (χ1) is 13.5. The Bertz CT molecular complexity index is 917. The minimum Gasteiger partial charge on any atom is -0.508 e. The van der Waals surface area contributed by atoms with Crippen LogP contribution in [0.15, 0.2) is 53.5 Å². The minimum absolute atomic E-state index is 0.120. The maximum Gasteiger partial charge on any atom is 0.235 e. The first-order valence-corrected chi connectivity index (χ1v) is 9.61. The number of ether oxygens (including phenoxy) is 1. The highest BCUT2D eigenvalue weighted by Gasteiger charge is 2.32. The largest absolute Gasteiger partial charge is 0.508 e. The molecular formula is C21H19FN2O3S. The van der Waals surface area contributed by atoms with Crippen LogP contribution in [0.3, 0.4) is 0 Å². The van der Waals surface area contributed by atoms with E-state index in [2.05, 4.69) is 22.2 Å². The molecule has 2 unspecified atom stereocenters. The summed E-state index contributed by atoms with van der Waals surface area (Å²) < 4.78 is 18.3. The molecule has 2 aromatic rings. The second kappa shape index (κ2) is 9.29. The molecule has 0 saturated heterocycles. The number of halogens is 1. The molecule has 2 aromatic carbocycles. The number of thioether (sulfide) groups is 1. The number of phenols is 1. The van der Waals surface area contributed by atoms with Gasteiger partial charge >= 0.3 is 0 Å². The molecule has 28 heavy (non-hydrogen) atoms. The molecule has 0 spiro atoms. The van der Waals surface area contributed by atoms with E-state index in [0.29, 0.717) is 17.3 Å². The van der Waals surface area contributed by atoms with Crippen molar-refractivity contribution in [2.45, 2.75) is 18.2 Å². The summed E-state index contributed by atoms with van der Waals surface area (Å²) in [6, 6.07) is 12.1. The van der Waals surface area contributed by atoms with Crippen LogP contribution in [0.25, 0.3) is 0 Å². The van der Waals surface area contributed by atoms with Crippen molar-refractivity contribution in [1.29, 1.82) is 0 Å². The van der Waals surface area contributed by atoms with Crippen LogP contribution in [0.2, 0.25) is 0 Å². The molecule has 2 N–H and O–H groups in total. The van der Waals surface area contributed by atoms with Gasteiger partial charge in [0.2, 0.25) is 5.91 Å². The van der Waals surface area contributed by atoms with Crippen LogP contribution in [0.4, 0.5) is 4.39 Å². The number of nitrogens with one attached hydrogen (secondary N) is 1. The van der Waals surface area contributed by atoms with Gasteiger partial charge in [0.15, 0.2) is 0 Å². The normalized spacial score (nSPS) is 18.0. The quantitative estimate of drug-likeness (QED) is 0.600. The molecule has 1 aliphatic rings. The molecule has 0 fully saturated rings. The summed E-state index contributed by atoms with van der Waals surface area (Å²) in [7, 11) is 0. The van der Waals surface area contributed by atoms with E-state index in [4.69, 9.17) is 4.74 Å². The molecule has 144 valence electrons. The average Bonchev–Trinajstić information content (AvgIpc) is 3.07. The maximum absolute atomic E-state index is 12.8. The van der Waals surface area contributed by atoms with Crippen LogP contribution in [0, 0.1) is 17.7 Å². The van der Waals surface area contributed by atoms with Crippen molar-refractivity contribution < 1.29 is 19.0 Å². The van der Waals surface area contributed by atoms with Crippen molar-refractivity contribution in [3.8, 4) is 23.3 Å². The molecule has 2 atom stereocenters. The molecule has 1 amide bonds. The molecule has 0 saturated carbocycles. The number of carbonyl (C=O) groups is 1. The van der Waals surface area contributed by atoms with Crippen LogP contribution in [0.5, 0.6) is 11.5 Å². The molecule has 0 aromatic heterocycles. The lowest BCUT2D eigenvalue weighted by molar-refractivity contribution is -0.120. The summed E-state index contributed by atoms with van der Waals surface area (Å²) in [5.41, 5.74) is 0.764. The van der Waals surface area contributed by atoms with Gasteiger partial charge in [-0.15, -0.1) is 0 Å². The number of aliphatic imine (C=N–C) groups is 1. The lowest BCUT2D eigenvalue weighted by atomic mass is 10.2. The van der Waals surface area contributed by atoms with Gasteiger partial charge in [-0.05, 0) is 61.4 Å². The predicted molar refractivity (Wildman–Crippen MR) is 108 cm³/mol. The predicted octanol–water partition coefficient (Wildman–Crippen LogP) is 2.98. The Labute approximate surface area is 167 Å². The van der Waals surface area contributed by atoms with Crippen LogP contribution >= 0.6 is 11.8 Å². The number of hydrogen-bond acceptors (Lipinski definition) is 5. The Morgan fingerprint density at radius 2 is 1.93 bits per heavy atom. The van der Waals surface area contributed by atoms with Crippen LogP contribution in [0.1, 0.15) is 12.5 Å². The van der Waals surface area contributed by atoms with Gasteiger partial charge in [0, 0.05) is 5.56 Å². The zero-order valence-electron chi connectivity index (χ0n) is 15.2. The van der Waals surface area contributed by atoms with Crippen molar-refractivity contribution in [3.05, 3.63) is 59.9 Å². The third kappa shape index (κ3) is 5.51. The fraction of sp³-hybridized carbons (Fsp3) is 0.238. The molecule has 0 radical (unpaired) electrons. The van der Waals surface area contributed by atoms with Gasteiger partial charge in [-0.3, -0.25) is 9.79 Å². The second-order valence-electron chi connectivity index (χ2n) is 6.10. The van der Waals surface area contributed by atoms with E-state index in [-0.39, 0.29) is 35.4 Å². The van der Waals surface area contributed by atoms with Crippen LogP contribution < -0.4 is 10.1 Å². The molecule has 1 heterocycles. The zero-order chi connectivity index (χ0) is 19.9. The highest BCUT2D eigenvalue weighted by atomic mass is 32.2. The van der Waals surface area contributed by atoms with Crippen molar-refractivity contribution in [2.24, 2.45) is 4.99 Å². The number of hydrogen-bond donors (Lipinski definition) is 2. The Hall–Kier alpha value is -2.98. The zero-order valence-corrected chi connectivity index (χ0v) is 16.0. The summed E-state index contributed by atoms with van der Waals surface area (Å²) in [6.07, 6.45) is 0. The van der Waals surface area contributed by atoms with Gasteiger partial charge < -0.3 is 15.2 Å². The molecule has 0 bridgehead atoms. The Morgan fingerprint density at radius 3 is 2.64 bits per heavy atom. The third-order valence-corrected chi connectivity index (χ3v) is 5.21. The van der Waals surface area contributed by atoms with Crippen molar-refractivity contribution in [1.82, 2.24) is 5.32 Å². The van der Waals surface area contributed by atoms with Crippen molar-refractivity contribution in [2.75, 3.05) is 13.2 Å². The smallest absolute Gasteiger partial charge is 0.235 e. The van der Waals surface area contributed by atoms with Gasteiger partial charge in [0.05, 0.1) is 12.6 Å². The van der Waals surface area contributed by atoms with Gasteiger partial charge in [-0.1, -0.05) is 17.7 Å². The Morgan fingerprint density at radius 1 is 1.21 bits per heavy atom. The standard InChI is InChI=1S/C21H19FN2O3S/c1-14-20(21(26)23-12-13-27-18-9-5-16(22)6-10-18)28-19(24-14)11-4-15-2-7-17(25)8-3-15/h2-3,5-10,14,20,25H,12-13H2,1H3,(H,23,26). The first kappa shape index (κ1) is 19.8. The van der Waals surface area contributed by atoms with E-state index in [1.165, 1.54) is 23.9 Å². The minimum atomic E-state index is -0.338. The molecule has 7 heteroatoms. The Balaban J connectivity index is 1.45. The number of nitrogens with zero attached hydrogens (tertiary/aromatic N) is 1. The summed E-state index contributed by atoms with van der Waals surface area (Å²) >= 11 is 1.34. The molecule has 0 aliphatic carbocycles. The lowest BCUT2D eigenvalue weighted by Crippen LogP contribution is -2.38. The van der Waals surface area contributed by atoms with E-state index in [9.17, 15) is 14.3 Å². The summed E-state index contributed by atoms with van der Waals surface area (Å²) in [4.78, 5) is 16.8. The van der Waals surface area contributed by atoms with Gasteiger partial charge in [0.1, 0.15) is 34.2 Å². The fourth-order valence-corrected chi connectivity index (χ4v) is 3.51. The fourth-order valence-electron chi connectivity index (χ4n) is 2.48. The number of aromatic hydroxyl groups is 1. The molecular weight excluding hydrogens is 379 g/mol. The maximum atomic E-state index is 12.8. The van der Waals surface area contributed by atoms with E-state index in [1.807, 2.05) is 6.92 Å². The first-order valence-electron chi connectivity index (χ1n) is 8.73. The van der Waals surface area contributed by atoms with E-state index < -0.39 is 0 Å². The molecule has 1 aliphatic heterocycles. The topological polar surface area (TPSA) is 70.9 Å². The van der Waals surface area contributed by atoms with E-state index in [1.54, 1.807) is 36.4 Å². The van der Waals surface area contributed by atoms with E-state index >= 15 is 0 Å². The van der Waals surface area contributed by atoms with Gasteiger partial charge in [0.25, 0.3) is 0 Å². The lowest BCUT2D eigenvalue weighted by Gasteiger charge is -2.13. The Kier molecular flexibility index (Phi) is 6.56. The van der Waals surface area contributed by atoms with Crippen LogP contribution in [-0.4, -0.2) is 40.5 Å². The van der Waals surface area contributed by atoms with E-state index in [0.717, 1.165) is 5.56 Å². The van der Waals surface area contributed by atoms with Gasteiger partial charge in [-0.25, -0.2) is 4.39 Å². The highest BCUT2D eigenvalue weighted by Crippen LogP contribution is 2.26. The monoisotopic (exact) mass is 398 g/mol. The molecule has 3 rings (SSSR count). The summed E-state index contributed by atoms with van der Waals surface area (Å²) in [6.45, 7) is 2.51. The number of rotatable bonds is 5.